The standard InChI is InChI=1S/C14H24O2/c1-8(2)10-4-5-11-7-13(15)14(16)9(3)12(11)6-10/h9-16H,1,4-7H2,2-3H3/t9-,10+,11-,12+,13+,14+/m0/s1. The van der Waals surface area contributed by atoms with Crippen molar-refractivity contribution in [2.24, 2.45) is 23.7 Å². The summed E-state index contributed by atoms with van der Waals surface area (Å²) in [4.78, 5) is 0. The highest BCUT2D eigenvalue weighted by Gasteiger charge is 2.43. The first-order valence-corrected chi connectivity index (χ1v) is 6.52. The Morgan fingerprint density at radius 2 is 1.88 bits per heavy atom. The molecule has 0 spiro atoms. The molecule has 2 nitrogen and oxygen atoms in total. The van der Waals surface area contributed by atoms with Gasteiger partial charge in [-0.1, -0.05) is 19.1 Å². The van der Waals surface area contributed by atoms with Gasteiger partial charge in [0.1, 0.15) is 0 Å². The normalized spacial score (nSPS) is 48.5. The fraction of sp³-hybridized carbons (Fsp3) is 0.857. The van der Waals surface area contributed by atoms with Crippen molar-refractivity contribution in [3.05, 3.63) is 12.2 Å². The molecule has 2 heteroatoms. The smallest absolute Gasteiger partial charge is 0.0827 e. The topological polar surface area (TPSA) is 40.5 Å². The number of hydrogen-bond acceptors (Lipinski definition) is 2. The molecule has 0 bridgehead atoms. The Morgan fingerprint density at radius 1 is 1.19 bits per heavy atom. The molecule has 0 amide bonds. The zero-order valence-corrected chi connectivity index (χ0v) is 10.4. The highest BCUT2D eigenvalue weighted by Crippen LogP contribution is 2.47. The molecule has 0 aromatic carbocycles. The van der Waals surface area contributed by atoms with Gasteiger partial charge in [0.15, 0.2) is 0 Å². The van der Waals surface area contributed by atoms with E-state index >= 15 is 0 Å². The number of rotatable bonds is 1. The summed E-state index contributed by atoms with van der Waals surface area (Å²) in [6.07, 6.45) is 3.33. The quantitative estimate of drug-likeness (QED) is 0.671. The zero-order valence-electron chi connectivity index (χ0n) is 10.4. The van der Waals surface area contributed by atoms with Crippen LogP contribution in [0.4, 0.5) is 0 Å². The van der Waals surface area contributed by atoms with E-state index in [2.05, 4.69) is 20.4 Å². The summed E-state index contributed by atoms with van der Waals surface area (Å²) in [7, 11) is 0. The third-order valence-electron chi connectivity index (χ3n) is 4.90. The van der Waals surface area contributed by atoms with Crippen LogP contribution in [0.5, 0.6) is 0 Å². The van der Waals surface area contributed by atoms with Crippen molar-refractivity contribution in [2.45, 2.75) is 51.7 Å². The summed E-state index contributed by atoms with van der Waals surface area (Å²) in [5.41, 5.74) is 1.28. The lowest BCUT2D eigenvalue weighted by Gasteiger charge is -2.47. The Kier molecular flexibility index (Phi) is 3.41. The molecule has 0 aromatic heterocycles. The van der Waals surface area contributed by atoms with Crippen LogP contribution in [0.1, 0.15) is 39.5 Å². The van der Waals surface area contributed by atoms with Crippen molar-refractivity contribution in [1.82, 2.24) is 0 Å². The molecule has 2 rings (SSSR count). The van der Waals surface area contributed by atoms with Crippen LogP contribution >= 0.6 is 0 Å². The van der Waals surface area contributed by atoms with Gasteiger partial charge >= 0.3 is 0 Å². The minimum atomic E-state index is -0.523. The zero-order chi connectivity index (χ0) is 11.9. The lowest BCUT2D eigenvalue weighted by Crippen LogP contribution is -2.47. The first kappa shape index (κ1) is 12.1. The Balaban J connectivity index is 2.08. The highest BCUT2D eigenvalue weighted by molar-refractivity contribution is 5.03. The molecule has 0 radical (unpaired) electrons. The molecule has 6 atom stereocenters. The Hall–Kier alpha value is -0.340. The van der Waals surface area contributed by atoms with Gasteiger partial charge in [0.05, 0.1) is 12.2 Å². The predicted octanol–water partition coefficient (Wildman–Crippen LogP) is 2.36. The molecule has 2 N–H and O–H groups in total. The maximum atomic E-state index is 9.94. The molecule has 2 aliphatic rings. The van der Waals surface area contributed by atoms with E-state index in [-0.39, 0.29) is 5.92 Å². The summed E-state index contributed by atoms with van der Waals surface area (Å²) in [6.45, 7) is 8.27. The van der Waals surface area contributed by atoms with E-state index in [1.807, 2.05) is 0 Å². The van der Waals surface area contributed by atoms with Gasteiger partial charge in [0.2, 0.25) is 0 Å². The average molecular weight is 224 g/mol. The lowest BCUT2D eigenvalue weighted by molar-refractivity contribution is -0.0972. The fourth-order valence-corrected chi connectivity index (χ4v) is 3.71. The second-order valence-electron chi connectivity index (χ2n) is 5.93. The Labute approximate surface area is 98.4 Å². The van der Waals surface area contributed by atoms with Crippen LogP contribution in [0.3, 0.4) is 0 Å². The van der Waals surface area contributed by atoms with E-state index in [1.165, 1.54) is 18.4 Å². The van der Waals surface area contributed by atoms with Gasteiger partial charge in [-0.15, -0.1) is 0 Å². The van der Waals surface area contributed by atoms with Gasteiger partial charge in [-0.05, 0) is 56.3 Å². The molecule has 2 aliphatic carbocycles. The number of aliphatic hydroxyl groups is 2. The SMILES string of the molecule is C=C(C)[C@@H]1CC[C@H]2C[C@@H](O)[C@H](O)[C@@H](C)[C@H]2C1. The largest absolute Gasteiger partial charge is 0.390 e. The predicted molar refractivity (Wildman–Crippen MR) is 64.9 cm³/mol. The molecule has 0 heterocycles. The van der Waals surface area contributed by atoms with Gasteiger partial charge in [-0.2, -0.15) is 0 Å². The molecule has 0 unspecified atom stereocenters. The summed E-state index contributed by atoms with van der Waals surface area (Å²) in [6, 6.07) is 0. The van der Waals surface area contributed by atoms with Crippen molar-refractivity contribution >= 4 is 0 Å². The third-order valence-corrected chi connectivity index (χ3v) is 4.90. The minimum absolute atomic E-state index is 0.232. The highest BCUT2D eigenvalue weighted by atomic mass is 16.3. The molecule has 92 valence electrons. The Bertz CT molecular complexity index is 272. The van der Waals surface area contributed by atoms with E-state index in [4.69, 9.17) is 0 Å². The lowest BCUT2D eigenvalue weighted by atomic mass is 9.61. The number of hydrogen-bond donors (Lipinski definition) is 2. The van der Waals surface area contributed by atoms with Gasteiger partial charge in [-0.3, -0.25) is 0 Å². The van der Waals surface area contributed by atoms with Crippen LogP contribution in [0, 0.1) is 23.7 Å². The van der Waals surface area contributed by atoms with E-state index in [9.17, 15) is 10.2 Å². The van der Waals surface area contributed by atoms with Gasteiger partial charge in [-0.25, -0.2) is 0 Å². The molecule has 2 saturated carbocycles. The van der Waals surface area contributed by atoms with Crippen molar-refractivity contribution < 1.29 is 10.2 Å². The summed E-state index contributed by atoms with van der Waals surface area (Å²) < 4.78 is 0. The second-order valence-corrected chi connectivity index (χ2v) is 5.93. The Morgan fingerprint density at radius 3 is 2.50 bits per heavy atom. The van der Waals surface area contributed by atoms with Crippen LogP contribution in [0.15, 0.2) is 12.2 Å². The molecule has 0 aromatic rings. The maximum absolute atomic E-state index is 9.94. The average Bonchev–Trinajstić information content (AvgIpc) is 2.25. The van der Waals surface area contributed by atoms with Crippen molar-refractivity contribution in [1.29, 1.82) is 0 Å². The van der Waals surface area contributed by atoms with Gasteiger partial charge in [0.25, 0.3) is 0 Å². The van der Waals surface area contributed by atoms with E-state index in [0.717, 1.165) is 12.8 Å². The molecule has 16 heavy (non-hydrogen) atoms. The third kappa shape index (κ3) is 2.05. The number of allylic oxidation sites excluding steroid dienone is 1. The van der Waals surface area contributed by atoms with Crippen LogP contribution in [-0.2, 0) is 0 Å². The van der Waals surface area contributed by atoms with Gasteiger partial charge < -0.3 is 10.2 Å². The van der Waals surface area contributed by atoms with Crippen molar-refractivity contribution in [3.63, 3.8) is 0 Å². The van der Waals surface area contributed by atoms with E-state index < -0.39 is 12.2 Å². The molecule has 0 aliphatic heterocycles. The minimum Gasteiger partial charge on any atom is -0.390 e. The summed E-state index contributed by atoms with van der Waals surface area (Å²) in [5.74, 6) is 2.06. The summed E-state index contributed by atoms with van der Waals surface area (Å²) >= 11 is 0. The number of aliphatic hydroxyl groups excluding tert-OH is 2. The molecule has 0 saturated heterocycles. The number of fused-ring (bicyclic) bond motifs is 1. The second kappa shape index (κ2) is 4.50. The fourth-order valence-electron chi connectivity index (χ4n) is 3.71. The van der Waals surface area contributed by atoms with Crippen molar-refractivity contribution in [3.8, 4) is 0 Å². The first-order valence-electron chi connectivity index (χ1n) is 6.52. The van der Waals surface area contributed by atoms with E-state index in [0.29, 0.717) is 17.8 Å². The molecule has 2 fully saturated rings. The molecular formula is C14H24O2. The summed E-state index contributed by atoms with van der Waals surface area (Å²) in [5, 5.41) is 19.7. The molecular weight excluding hydrogens is 200 g/mol. The van der Waals surface area contributed by atoms with Gasteiger partial charge in [0, 0.05) is 0 Å². The van der Waals surface area contributed by atoms with Crippen LogP contribution in [0.25, 0.3) is 0 Å². The maximum Gasteiger partial charge on any atom is 0.0827 e. The van der Waals surface area contributed by atoms with Crippen LogP contribution in [-0.4, -0.2) is 22.4 Å². The van der Waals surface area contributed by atoms with Crippen LogP contribution in [0.2, 0.25) is 0 Å². The van der Waals surface area contributed by atoms with E-state index in [1.54, 1.807) is 0 Å². The van der Waals surface area contributed by atoms with Crippen LogP contribution < -0.4 is 0 Å². The first-order chi connectivity index (χ1) is 7.50. The van der Waals surface area contributed by atoms with Crippen molar-refractivity contribution in [2.75, 3.05) is 0 Å². The monoisotopic (exact) mass is 224 g/mol.